The van der Waals surface area contributed by atoms with Gasteiger partial charge in [0.2, 0.25) is 5.75 Å². The molecular formula is C28H22N4O8. The van der Waals surface area contributed by atoms with E-state index >= 15 is 0 Å². The zero-order valence-electron chi connectivity index (χ0n) is 21.1. The Labute approximate surface area is 227 Å². The van der Waals surface area contributed by atoms with E-state index in [4.69, 9.17) is 14.2 Å². The van der Waals surface area contributed by atoms with Crippen LogP contribution in [0.15, 0.2) is 96.1 Å². The number of amides is 1. The number of ether oxygens (including phenoxy) is 3. The largest absolute Gasteiger partial charge is 0.493 e. The van der Waals surface area contributed by atoms with Gasteiger partial charge < -0.3 is 14.2 Å². The highest BCUT2D eigenvalue weighted by atomic mass is 16.6. The van der Waals surface area contributed by atoms with E-state index < -0.39 is 27.1 Å². The molecule has 202 valence electrons. The summed E-state index contributed by atoms with van der Waals surface area (Å²) in [7, 11) is 1.47. The van der Waals surface area contributed by atoms with E-state index in [9.17, 15) is 25.0 Å². The number of nitrogens with zero attached hydrogens (tertiary/aromatic N) is 3. The van der Waals surface area contributed by atoms with Gasteiger partial charge in [0.25, 0.3) is 11.6 Å². The fourth-order valence-corrected chi connectivity index (χ4v) is 3.54. The van der Waals surface area contributed by atoms with Crippen LogP contribution in [0.2, 0.25) is 0 Å². The van der Waals surface area contributed by atoms with Crippen LogP contribution in [0.1, 0.15) is 21.5 Å². The van der Waals surface area contributed by atoms with Gasteiger partial charge in [-0.2, -0.15) is 5.10 Å². The van der Waals surface area contributed by atoms with E-state index in [1.807, 2.05) is 30.3 Å². The van der Waals surface area contributed by atoms with Gasteiger partial charge in [-0.05, 0) is 42.0 Å². The van der Waals surface area contributed by atoms with Gasteiger partial charge in [-0.25, -0.2) is 5.43 Å². The van der Waals surface area contributed by atoms with E-state index in [1.165, 1.54) is 25.5 Å². The summed E-state index contributed by atoms with van der Waals surface area (Å²) in [6, 6.07) is 23.8. The fourth-order valence-electron chi connectivity index (χ4n) is 3.54. The molecule has 0 aliphatic carbocycles. The molecular weight excluding hydrogens is 520 g/mol. The van der Waals surface area contributed by atoms with Crippen molar-refractivity contribution >= 4 is 23.5 Å². The molecule has 0 unspecified atom stereocenters. The molecule has 12 heteroatoms. The molecule has 0 radical (unpaired) electrons. The first-order chi connectivity index (χ1) is 19.4. The maximum atomic E-state index is 12.7. The Balaban J connectivity index is 1.45. The summed E-state index contributed by atoms with van der Waals surface area (Å²) < 4.78 is 16.9. The minimum absolute atomic E-state index is 0.180. The average molecular weight is 543 g/mol. The second kappa shape index (κ2) is 12.6. The van der Waals surface area contributed by atoms with Crippen LogP contribution in [-0.4, -0.2) is 29.1 Å². The number of benzene rings is 4. The number of nitrogens with one attached hydrogen (secondary N) is 1. The van der Waals surface area contributed by atoms with E-state index in [1.54, 1.807) is 30.3 Å². The minimum atomic E-state index is -0.772. The van der Waals surface area contributed by atoms with Crippen LogP contribution in [0.25, 0.3) is 0 Å². The Hall–Kier alpha value is -5.78. The molecule has 12 nitrogen and oxygen atoms in total. The number of methoxy groups -OCH3 is 1. The third kappa shape index (κ3) is 6.75. The molecule has 1 N–H and O–H groups in total. The van der Waals surface area contributed by atoms with E-state index in [0.717, 1.165) is 23.8 Å². The number of hydrogen-bond donors (Lipinski definition) is 1. The van der Waals surface area contributed by atoms with Gasteiger partial charge in [0, 0.05) is 17.2 Å². The van der Waals surface area contributed by atoms with Crippen molar-refractivity contribution in [1.29, 1.82) is 0 Å². The van der Waals surface area contributed by atoms with E-state index in [2.05, 4.69) is 10.5 Å². The van der Waals surface area contributed by atoms with Gasteiger partial charge in [-0.15, -0.1) is 0 Å². The van der Waals surface area contributed by atoms with Gasteiger partial charge in [-0.3, -0.25) is 25.0 Å². The molecule has 0 aromatic heterocycles. The molecule has 0 fully saturated rings. The SMILES string of the molecule is COc1cc(C(=O)N/N=C/c2ccccc2Oc2ccc([N+](=O)[O-])cc2[N+](=O)[O-])ccc1OCc1ccccc1. The average Bonchev–Trinajstić information content (AvgIpc) is 2.97. The highest BCUT2D eigenvalue weighted by Crippen LogP contribution is 2.35. The summed E-state index contributed by atoms with van der Waals surface area (Å²) in [6.45, 7) is 0.331. The van der Waals surface area contributed by atoms with Crippen LogP contribution in [0.4, 0.5) is 11.4 Å². The topological polar surface area (TPSA) is 155 Å². The first-order valence-corrected chi connectivity index (χ1v) is 11.7. The van der Waals surface area contributed by atoms with Crippen molar-refractivity contribution in [2.75, 3.05) is 7.11 Å². The number of carbonyl (C=O) groups is 1. The lowest BCUT2D eigenvalue weighted by Gasteiger charge is -2.12. The first kappa shape index (κ1) is 27.3. The van der Waals surface area contributed by atoms with Gasteiger partial charge in [0.1, 0.15) is 12.4 Å². The molecule has 0 spiro atoms. The number of carbonyl (C=O) groups excluding carboxylic acids is 1. The predicted octanol–water partition coefficient (Wildman–Crippen LogP) is 5.65. The molecule has 0 heterocycles. The Morgan fingerprint density at radius 3 is 2.30 bits per heavy atom. The number of nitro benzene ring substituents is 2. The van der Waals surface area contributed by atoms with Crippen molar-refractivity contribution in [3.63, 3.8) is 0 Å². The quantitative estimate of drug-likeness (QED) is 0.145. The number of rotatable bonds is 11. The van der Waals surface area contributed by atoms with Crippen molar-refractivity contribution < 1.29 is 28.9 Å². The summed E-state index contributed by atoms with van der Waals surface area (Å²) >= 11 is 0. The lowest BCUT2D eigenvalue weighted by Crippen LogP contribution is -2.17. The molecule has 0 atom stereocenters. The first-order valence-electron chi connectivity index (χ1n) is 11.7. The summed E-state index contributed by atoms with van der Waals surface area (Å²) in [5.41, 5.74) is 3.04. The van der Waals surface area contributed by atoms with Gasteiger partial charge in [0.05, 0.1) is 29.2 Å². The van der Waals surface area contributed by atoms with Crippen molar-refractivity contribution in [2.24, 2.45) is 5.10 Å². The molecule has 4 aromatic rings. The Bertz CT molecular complexity index is 1570. The van der Waals surface area contributed by atoms with Gasteiger partial charge in [-0.1, -0.05) is 42.5 Å². The Morgan fingerprint density at radius 1 is 0.850 bits per heavy atom. The number of para-hydroxylation sites is 1. The zero-order chi connectivity index (χ0) is 28.5. The van der Waals surface area contributed by atoms with Crippen LogP contribution >= 0.6 is 0 Å². The predicted molar refractivity (Wildman–Crippen MR) is 145 cm³/mol. The summed E-state index contributed by atoms with van der Waals surface area (Å²) in [4.78, 5) is 33.6. The third-order valence-electron chi connectivity index (χ3n) is 5.52. The minimum Gasteiger partial charge on any atom is -0.493 e. The van der Waals surface area contributed by atoms with Crippen molar-refractivity contribution in [3.05, 3.63) is 128 Å². The van der Waals surface area contributed by atoms with Gasteiger partial charge >= 0.3 is 5.69 Å². The summed E-state index contributed by atoms with van der Waals surface area (Å²) in [5.74, 6) is 0.309. The Kier molecular flexibility index (Phi) is 8.62. The maximum absolute atomic E-state index is 12.7. The van der Waals surface area contributed by atoms with E-state index in [0.29, 0.717) is 23.7 Å². The maximum Gasteiger partial charge on any atom is 0.318 e. The van der Waals surface area contributed by atoms with Crippen LogP contribution < -0.4 is 19.6 Å². The molecule has 0 saturated heterocycles. The van der Waals surface area contributed by atoms with Crippen molar-refractivity contribution in [2.45, 2.75) is 6.61 Å². The zero-order valence-corrected chi connectivity index (χ0v) is 21.1. The number of hydrogen-bond acceptors (Lipinski definition) is 9. The molecule has 4 rings (SSSR count). The monoisotopic (exact) mass is 542 g/mol. The standard InChI is InChI=1S/C28H22N4O8/c1-38-27-15-20(11-13-26(27)39-18-19-7-3-2-4-8-19)28(33)30-29-17-21-9-5-6-10-24(21)40-25-14-12-22(31(34)35)16-23(25)32(36)37/h2-17H,18H2,1H3,(H,30,33)/b29-17+. The highest BCUT2D eigenvalue weighted by Gasteiger charge is 2.21. The van der Waals surface area contributed by atoms with Gasteiger partial charge in [0.15, 0.2) is 11.5 Å². The van der Waals surface area contributed by atoms with E-state index in [-0.39, 0.29) is 17.1 Å². The molecule has 4 aromatic carbocycles. The number of hydrazone groups is 1. The second-order valence-corrected chi connectivity index (χ2v) is 8.15. The summed E-state index contributed by atoms with van der Waals surface area (Å²) in [5, 5.41) is 26.4. The normalized spacial score (nSPS) is 10.6. The molecule has 0 bridgehead atoms. The molecule has 0 aliphatic heterocycles. The van der Waals surface area contributed by atoms with Crippen molar-refractivity contribution in [3.8, 4) is 23.0 Å². The smallest absolute Gasteiger partial charge is 0.318 e. The lowest BCUT2D eigenvalue weighted by molar-refractivity contribution is -0.394. The molecule has 0 saturated carbocycles. The van der Waals surface area contributed by atoms with Crippen molar-refractivity contribution in [1.82, 2.24) is 5.43 Å². The highest BCUT2D eigenvalue weighted by molar-refractivity contribution is 5.95. The fraction of sp³-hybridized carbons (Fsp3) is 0.0714. The number of nitro groups is 2. The molecule has 0 aliphatic rings. The Morgan fingerprint density at radius 2 is 1.57 bits per heavy atom. The summed E-state index contributed by atoms with van der Waals surface area (Å²) in [6.07, 6.45) is 1.30. The lowest BCUT2D eigenvalue weighted by atomic mass is 10.2. The molecule has 40 heavy (non-hydrogen) atoms. The second-order valence-electron chi connectivity index (χ2n) is 8.15. The van der Waals surface area contributed by atoms with Crippen LogP contribution in [0.3, 0.4) is 0 Å². The number of non-ortho nitro benzene ring substituents is 1. The van der Waals surface area contributed by atoms with Crippen LogP contribution in [0, 0.1) is 20.2 Å². The third-order valence-corrected chi connectivity index (χ3v) is 5.52. The van der Waals surface area contributed by atoms with Crippen LogP contribution in [-0.2, 0) is 6.61 Å². The van der Waals surface area contributed by atoms with Crippen LogP contribution in [0.5, 0.6) is 23.0 Å². The molecule has 1 amide bonds.